The molecule has 1 atom stereocenters. The quantitative estimate of drug-likeness (QED) is 0.0261. The average Bonchev–Trinajstić information content (AvgIpc) is 3.50. The lowest BCUT2D eigenvalue weighted by Crippen LogP contribution is -2.30. The summed E-state index contributed by atoms with van der Waals surface area (Å²) in [6.07, 6.45) is 92.5. The number of ether oxygens (including phenoxy) is 3. The lowest BCUT2D eigenvalue weighted by Gasteiger charge is -2.18. The molecule has 0 aromatic heterocycles. The van der Waals surface area contributed by atoms with Crippen LogP contribution in [0.5, 0.6) is 0 Å². The van der Waals surface area contributed by atoms with Crippen LogP contribution in [0, 0.1) is 0 Å². The first-order valence-electron chi connectivity index (χ1n) is 36.8. The normalized spacial score (nSPS) is 12.4. The molecule has 0 spiro atoms. The van der Waals surface area contributed by atoms with Crippen molar-refractivity contribution in [3.05, 3.63) is 60.8 Å². The second-order valence-corrected chi connectivity index (χ2v) is 24.8. The highest BCUT2D eigenvalue weighted by Gasteiger charge is 2.19. The monoisotopic (exact) mass is 1160 g/mol. The highest BCUT2D eigenvalue weighted by Crippen LogP contribution is 2.19. The summed E-state index contributed by atoms with van der Waals surface area (Å²) in [7, 11) is 0. The molecule has 0 amide bonds. The maximum Gasteiger partial charge on any atom is 0.306 e. The molecular formula is C77H140O6. The van der Waals surface area contributed by atoms with Crippen LogP contribution >= 0.6 is 0 Å². The molecule has 0 fully saturated rings. The Labute approximate surface area is 517 Å². The smallest absolute Gasteiger partial charge is 0.306 e. The van der Waals surface area contributed by atoms with Crippen LogP contribution in [0.25, 0.3) is 0 Å². The van der Waals surface area contributed by atoms with Crippen molar-refractivity contribution in [3.63, 3.8) is 0 Å². The van der Waals surface area contributed by atoms with Gasteiger partial charge in [0.2, 0.25) is 0 Å². The maximum atomic E-state index is 13.0. The molecule has 0 aliphatic rings. The Balaban J connectivity index is 4.31. The number of hydrogen-bond donors (Lipinski definition) is 0. The summed E-state index contributed by atoms with van der Waals surface area (Å²) in [5.41, 5.74) is 0. The molecule has 6 nitrogen and oxygen atoms in total. The molecule has 6 heteroatoms. The van der Waals surface area contributed by atoms with Crippen molar-refractivity contribution in [1.29, 1.82) is 0 Å². The summed E-state index contributed by atoms with van der Waals surface area (Å²) in [5.74, 6) is -0.849. The summed E-state index contributed by atoms with van der Waals surface area (Å²) in [4.78, 5) is 38.5. The van der Waals surface area contributed by atoms with Crippen molar-refractivity contribution < 1.29 is 28.6 Å². The van der Waals surface area contributed by atoms with E-state index in [9.17, 15) is 14.4 Å². The SMILES string of the molecule is CC/C=C\C/C=C\C/C=C\C/C=C\CCCCCCCCCCCCCCC(=O)OCC(COC(=O)CCCCCCCCC/C=C\CCCCCCCCC)OC(=O)CCCCCCCCCCCCCCCCCCCCCCCC. The van der Waals surface area contributed by atoms with Gasteiger partial charge in [-0.1, -0.05) is 351 Å². The van der Waals surface area contributed by atoms with E-state index < -0.39 is 6.10 Å². The van der Waals surface area contributed by atoms with E-state index in [4.69, 9.17) is 14.2 Å². The average molecular weight is 1160 g/mol. The lowest BCUT2D eigenvalue weighted by molar-refractivity contribution is -0.167. The minimum atomic E-state index is -0.777. The first kappa shape index (κ1) is 80.1. The van der Waals surface area contributed by atoms with Gasteiger partial charge in [0.25, 0.3) is 0 Å². The standard InChI is InChI=1S/C77H140O6/c1-4-7-10-13-16-19-22-25-28-31-34-36-38-39-40-42-43-46-49-52-55-58-61-64-67-70-76(79)82-73-74(72-81-75(78)69-66-63-60-57-54-51-48-45-33-30-27-24-21-18-15-12-9-6-3)83-77(80)71-68-65-62-59-56-53-50-47-44-41-37-35-32-29-26-23-20-17-14-11-8-5-2/h7,10,16,19,25,28,30,33-34,36,74H,4-6,8-9,11-15,17-18,20-24,26-27,29,31-32,35,37-73H2,1-3H3/b10-7-,19-16-,28-25-,33-30-,36-34-. The second kappa shape index (κ2) is 71.6. The maximum absolute atomic E-state index is 13.0. The summed E-state index contributed by atoms with van der Waals surface area (Å²) >= 11 is 0. The van der Waals surface area contributed by atoms with Crippen LogP contribution in [0.3, 0.4) is 0 Å². The van der Waals surface area contributed by atoms with Gasteiger partial charge < -0.3 is 14.2 Å². The molecule has 0 bridgehead atoms. The molecule has 0 aromatic rings. The molecule has 0 saturated heterocycles. The van der Waals surface area contributed by atoms with Crippen molar-refractivity contribution in [2.75, 3.05) is 13.2 Å². The Morgan fingerprint density at radius 1 is 0.253 bits per heavy atom. The molecule has 0 aromatic carbocycles. The van der Waals surface area contributed by atoms with Crippen LogP contribution < -0.4 is 0 Å². The van der Waals surface area contributed by atoms with Crippen molar-refractivity contribution >= 4 is 17.9 Å². The van der Waals surface area contributed by atoms with Gasteiger partial charge in [-0.3, -0.25) is 14.4 Å². The lowest BCUT2D eigenvalue weighted by atomic mass is 10.0. The Hall–Kier alpha value is -2.89. The van der Waals surface area contributed by atoms with Gasteiger partial charge in [0, 0.05) is 19.3 Å². The molecule has 0 saturated carbocycles. The Morgan fingerprint density at radius 3 is 0.747 bits per heavy atom. The number of esters is 3. The fraction of sp³-hybridized carbons (Fsp3) is 0.831. The zero-order chi connectivity index (χ0) is 59.9. The topological polar surface area (TPSA) is 78.9 Å². The van der Waals surface area contributed by atoms with Gasteiger partial charge in [-0.05, 0) is 83.5 Å². The number of hydrogen-bond acceptors (Lipinski definition) is 6. The van der Waals surface area contributed by atoms with Gasteiger partial charge in [0.05, 0.1) is 0 Å². The number of carbonyl (C=O) groups excluding carboxylic acids is 3. The Morgan fingerprint density at radius 2 is 0.470 bits per heavy atom. The van der Waals surface area contributed by atoms with E-state index in [1.54, 1.807) is 0 Å². The summed E-state index contributed by atoms with van der Waals surface area (Å²) < 4.78 is 17.0. The van der Waals surface area contributed by atoms with Gasteiger partial charge in [-0.2, -0.15) is 0 Å². The molecule has 83 heavy (non-hydrogen) atoms. The highest BCUT2D eigenvalue weighted by molar-refractivity contribution is 5.71. The molecule has 0 aliphatic carbocycles. The van der Waals surface area contributed by atoms with Crippen molar-refractivity contribution in [1.82, 2.24) is 0 Å². The third kappa shape index (κ3) is 69.8. The van der Waals surface area contributed by atoms with E-state index in [2.05, 4.69) is 81.5 Å². The number of rotatable bonds is 68. The fourth-order valence-corrected chi connectivity index (χ4v) is 11.0. The number of allylic oxidation sites excluding steroid dienone is 10. The van der Waals surface area contributed by atoms with Crippen LogP contribution in [0.1, 0.15) is 393 Å². The molecule has 0 aliphatic heterocycles. The number of unbranched alkanes of at least 4 members (excludes halogenated alkanes) is 47. The largest absolute Gasteiger partial charge is 0.462 e. The zero-order valence-corrected chi connectivity index (χ0v) is 55.7. The van der Waals surface area contributed by atoms with E-state index in [1.165, 1.54) is 270 Å². The van der Waals surface area contributed by atoms with E-state index in [1.807, 2.05) is 0 Å². The minimum absolute atomic E-state index is 0.0719. The molecule has 0 heterocycles. The molecule has 0 N–H and O–H groups in total. The van der Waals surface area contributed by atoms with Crippen LogP contribution in [0.4, 0.5) is 0 Å². The fourth-order valence-electron chi connectivity index (χ4n) is 11.0. The predicted molar refractivity (Wildman–Crippen MR) is 362 cm³/mol. The van der Waals surface area contributed by atoms with Crippen molar-refractivity contribution in [2.45, 2.75) is 399 Å². The van der Waals surface area contributed by atoms with Gasteiger partial charge >= 0.3 is 17.9 Å². The predicted octanol–water partition coefficient (Wildman–Crippen LogP) is 25.5. The zero-order valence-electron chi connectivity index (χ0n) is 55.7. The van der Waals surface area contributed by atoms with Crippen molar-refractivity contribution in [2.24, 2.45) is 0 Å². The van der Waals surface area contributed by atoms with Crippen LogP contribution in [-0.2, 0) is 28.6 Å². The van der Waals surface area contributed by atoms with Crippen molar-refractivity contribution in [3.8, 4) is 0 Å². The Bertz CT molecular complexity index is 1470. The summed E-state index contributed by atoms with van der Waals surface area (Å²) in [6, 6.07) is 0. The van der Waals surface area contributed by atoms with Gasteiger partial charge in [-0.25, -0.2) is 0 Å². The van der Waals surface area contributed by atoms with E-state index in [0.29, 0.717) is 19.3 Å². The van der Waals surface area contributed by atoms with E-state index >= 15 is 0 Å². The first-order valence-corrected chi connectivity index (χ1v) is 36.8. The molecule has 0 rings (SSSR count). The third-order valence-corrected chi connectivity index (χ3v) is 16.5. The van der Waals surface area contributed by atoms with Crippen LogP contribution in [0.15, 0.2) is 60.8 Å². The van der Waals surface area contributed by atoms with E-state index in [0.717, 1.165) is 83.5 Å². The molecule has 0 radical (unpaired) electrons. The van der Waals surface area contributed by atoms with Gasteiger partial charge in [0.1, 0.15) is 13.2 Å². The minimum Gasteiger partial charge on any atom is -0.462 e. The van der Waals surface area contributed by atoms with Gasteiger partial charge in [-0.15, -0.1) is 0 Å². The summed E-state index contributed by atoms with van der Waals surface area (Å²) in [5, 5.41) is 0. The van der Waals surface area contributed by atoms with Crippen LogP contribution in [0.2, 0.25) is 0 Å². The molecule has 1 unspecified atom stereocenters. The summed E-state index contributed by atoms with van der Waals surface area (Å²) in [6.45, 7) is 6.60. The molecule has 484 valence electrons. The van der Waals surface area contributed by atoms with Crippen LogP contribution in [-0.4, -0.2) is 37.2 Å². The number of carbonyl (C=O) groups is 3. The molecular weight excluding hydrogens is 1020 g/mol. The first-order chi connectivity index (χ1) is 41.0. The van der Waals surface area contributed by atoms with Gasteiger partial charge in [0.15, 0.2) is 6.10 Å². The third-order valence-electron chi connectivity index (χ3n) is 16.5. The van der Waals surface area contributed by atoms with E-state index in [-0.39, 0.29) is 31.1 Å². The second-order valence-electron chi connectivity index (χ2n) is 24.8. The Kier molecular flexibility index (Phi) is 69.1. The highest BCUT2D eigenvalue weighted by atomic mass is 16.6.